The van der Waals surface area contributed by atoms with E-state index in [-0.39, 0.29) is 6.10 Å². The number of aliphatic hydroxyl groups excluding tert-OH is 1. The quantitative estimate of drug-likeness (QED) is 0.668. The molecule has 0 amide bonds. The maximum atomic E-state index is 9.77. The van der Waals surface area contributed by atoms with Crippen molar-refractivity contribution in [3.63, 3.8) is 0 Å². The van der Waals surface area contributed by atoms with Gasteiger partial charge >= 0.3 is 0 Å². The summed E-state index contributed by atoms with van der Waals surface area (Å²) in [6.07, 6.45) is 5.07. The zero-order chi connectivity index (χ0) is 16.1. The Morgan fingerprint density at radius 2 is 2.35 bits per heavy atom. The van der Waals surface area contributed by atoms with Gasteiger partial charge in [0.1, 0.15) is 10.8 Å². The number of hydrogen-bond acceptors (Lipinski definition) is 9. The van der Waals surface area contributed by atoms with Crippen molar-refractivity contribution >= 4 is 28.2 Å². The van der Waals surface area contributed by atoms with Crippen molar-refractivity contribution in [3.05, 3.63) is 17.3 Å². The molecule has 8 nitrogen and oxygen atoms in total. The van der Waals surface area contributed by atoms with E-state index in [1.54, 1.807) is 6.20 Å². The molecule has 0 radical (unpaired) electrons. The topological polar surface area (TPSA) is 113 Å². The van der Waals surface area contributed by atoms with Crippen LogP contribution in [0.3, 0.4) is 0 Å². The number of aromatic nitrogens is 4. The summed E-state index contributed by atoms with van der Waals surface area (Å²) in [6, 6.07) is 1.88. The minimum absolute atomic E-state index is 0.269. The number of piperidine rings is 1. The molecule has 0 bridgehead atoms. The van der Waals surface area contributed by atoms with E-state index in [1.807, 2.05) is 6.07 Å². The van der Waals surface area contributed by atoms with Crippen LogP contribution in [0.4, 0.5) is 16.9 Å². The molecule has 23 heavy (non-hydrogen) atoms. The third-order valence-electron chi connectivity index (χ3n) is 3.69. The maximum absolute atomic E-state index is 9.77. The minimum atomic E-state index is -0.269. The number of hydrogen-bond donors (Lipinski definition) is 3. The molecule has 3 heterocycles. The molecule has 1 aliphatic heterocycles. The number of aliphatic hydroxyl groups is 1. The SMILES string of the molecule is Nc1nnc(CCCNc2nccc(N3CCC[C@@H](O)C3)n2)s1. The lowest BCUT2D eigenvalue weighted by Gasteiger charge is -2.31. The van der Waals surface area contributed by atoms with Gasteiger partial charge in [-0.25, -0.2) is 4.98 Å². The smallest absolute Gasteiger partial charge is 0.224 e. The molecule has 2 aromatic heterocycles. The largest absolute Gasteiger partial charge is 0.391 e. The van der Waals surface area contributed by atoms with E-state index in [0.717, 1.165) is 49.6 Å². The van der Waals surface area contributed by atoms with Crippen molar-refractivity contribution < 1.29 is 5.11 Å². The Labute approximate surface area is 138 Å². The van der Waals surface area contributed by atoms with Gasteiger partial charge in [-0.2, -0.15) is 4.98 Å². The monoisotopic (exact) mass is 335 g/mol. The fourth-order valence-electron chi connectivity index (χ4n) is 2.58. The zero-order valence-corrected chi connectivity index (χ0v) is 13.7. The molecule has 1 atom stereocenters. The van der Waals surface area contributed by atoms with E-state index < -0.39 is 0 Å². The van der Waals surface area contributed by atoms with Gasteiger partial charge in [0, 0.05) is 32.3 Å². The van der Waals surface area contributed by atoms with Gasteiger partial charge in [-0.1, -0.05) is 11.3 Å². The molecular formula is C14H21N7OS. The number of nitrogens with one attached hydrogen (secondary N) is 1. The molecule has 1 fully saturated rings. The second kappa shape index (κ2) is 7.51. The third kappa shape index (κ3) is 4.49. The zero-order valence-electron chi connectivity index (χ0n) is 12.9. The van der Waals surface area contributed by atoms with E-state index in [2.05, 4.69) is 30.4 Å². The molecule has 1 aliphatic rings. The van der Waals surface area contributed by atoms with Gasteiger partial charge < -0.3 is 21.1 Å². The average molecular weight is 335 g/mol. The van der Waals surface area contributed by atoms with Crippen LogP contribution in [0.15, 0.2) is 12.3 Å². The highest BCUT2D eigenvalue weighted by Crippen LogP contribution is 2.18. The highest BCUT2D eigenvalue weighted by molar-refractivity contribution is 7.15. The molecule has 0 unspecified atom stereocenters. The van der Waals surface area contributed by atoms with E-state index in [1.165, 1.54) is 11.3 Å². The molecule has 0 saturated carbocycles. The van der Waals surface area contributed by atoms with Crippen molar-refractivity contribution in [3.8, 4) is 0 Å². The summed E-state index contributed by atoms with van der Waals surface area (Å²) >= 11 is 1.42. The van der Waals surface area contributed by atoms with E-state index >= 15 is 0 Å². The van der Waals surface area contributed by atoms with Crippen LogP contribution in [0, 0.1) is 0 Å². The Morgan fingerprint density at radius 1 is 1.43 bits per heavy atom. The summed E-state index contributed by atoms with van der Waals surface area (Å²) in [6.45, 7) is 2.31. The minimum Gasteiger partial charge on any atom is -0.391 e. The van der Waals surface area contributed by atoms with Gasteiger partial charge in [-0.05, 0) is 25.3 Å². The molecular weight excluding hydrogens is 314 g/mol. The fourth-order valence-corrected chi connectivity index (χ4v) is 3.23. The Balaban J connectivity index is 1.49. The van der Waals surface area contributed by atoms with Crippen LogP contribution >= 0.6 is 11.3 Å². The predicted molar refractivity (Wildman–Crippen MR) is 90.6 cm³/mol. The fraction of sp³-hybridized carbons (Fsp3) is 0.571. The summed E-state index contributed by atoms with van der Waals surface area (Å²) in [5.41, 5.74) is 5.56. The molecule has 3 rings (SSSR count). The van der Waals surface area contributed by atoms with Gasteiger partial charge in [0.05, 0.1) is 6.10 Å². The summed E-state index contributed by atoms with van der Waals surface area (Å²) in [5, 5.41) is 22.2. The van der Waals surface area contributed by atoms with Crippen molar-refractivity contribution in [1.82, 2.24) is 20.2 Å². The first-order valence-electron chi connectivity index (χ1n) is 7.78. The summed E-state index contributed by atoms with van der Waals surface area (Å²) < 4.78 is 0. The first-order chi connectivity index (χ1) is 11.2. The van der Waals surface area contributed by atoms with Crippen molar-refractivity contribution in [2.45, 2.75) is 31.8 Å². The molecule has 2 aromatic rings. The van der Waals surface area contributed by atoms with Gasteiger partial charge in [0.15, 0.2) is 0 Å². The van der Waals surface area contributed by atoms with Crippen LogP contribution < -0.4 is 16.0 Å². The van der Waals surface area contributed by atoms with Crippen molar-refractivity contribution in [2.24, 2.45) is 0 Å². The third-order valence-corrected chi connectivity index (χ3v) is 4.51. The molecule has 0 aliphatic carbocycles. The number of nitrogens with two attached hydrogens (primary N) is 1. The molecule has 124 valence electrons. The second-order valence-corrected chi connectivity index (χ2v) is 6.64. The van der Waals surface area contributed by atoms with E-state index in [9.17, 15) is 5.11 Å². The number of β-amino-alcohol motifs (C(OH)–C–C–N with tert-alkyl or cyclic N) is 1. The average Bonchev–Trinajstić information content (AvgIpc) is 2.97. The van der Waals surface area contributed by atoms with Gasteiger partial charge in [-0.3, -0.25) is 0 Å². The van der Waals surface area contributed by atoms with E-state index in [0.29, 0.717) is 17.6 Å². The molecule has 4 N–H and O–H groups in total. The van der Waals surface area contributed by atoms with Crippen molar-refractivity contribution in [1.29, 1.82) is 0 Å². The highest BCUT2D eigenvalue weighted by Gasteiger charge is 2.19. The second-order valence-electron chi connectivity index (χ2n) is 5.54. The first-order valence-corrected chi connectivity index (χ1v) is 8.60. The summed E-state index contributed by atoms with van der Waals surface area (Å²) in [7, 11) is 0. The number of nitrogen functional groups attached to an aromatic ring is 1. The Kier molecular flexibility index (Phi) is 5.19. The highest BCUT2D eigenvalue weighted by atomic mass is 32.1. The van der Waals surface area contributed by atoms with Gasteiger partial charge in [-0.15, -0.1) is 10.2 Å². The molecule has 0 aromatic carbocycles. The van der Waals surface area contributed by atoms with Crippen LogP contribution in [0.1, 0.15) is 24.3 Å². The summed E-state index contributed by atoms with van der Waals surface area (Å²) in [4.78, 5) is 10.9. The normalized spacial score (nSPS) is 18.1. The standard InChI is InChI=1S/C14H21N7OS/c15-13-20-19-12(23-13)4-1-6-16-14-17-7-5-11(18-14)21-8-2-3-10(22)9-21/h5,7,10,22H,1-4,6,8-9H2,(H2,15,20)(H,16,17,18)/t10-/m1/s1. The number of nitrogens with zero attached hydrogens (tertiary/aromatic N) is 5. The van der Waals surface area contributed by atoms with Crippen molar-refractivity contribution in [2.75, 3.05) is 35.6 Å². The van der Waals surface area contributed by atoms with Gasteiger partial charge in [0.2, 0.25) is 11.1 Å². The first kappa shape index (κ1) is 15.9. The number of aryl methyl sites for hydroxylation is 1. The Morgan fingerprint density at radius 3 is 3.13 bits per heavy atom. The van der Waals surface area contributed by atoms with Crippen LogP contribution in [-0.2, 0) is 6.42 Å². The molecule has 0 spiro atoms. The number of rotatable bonds is 6. The van der Waals surface area contributed by atoms with Crippen LogP contribution in [-0.4, -0.2) is 51.0 Å². The van der Waals surface area contributed by atoms with Crippen LogP contribution in [0.5, 0.6) is 0 Å². The van der Waals surface area contributed by atoms with E-state index in [4.69, 9.17) is 5.73 Å². The lowest BCUT2D eigenvalue weighted by Crippen LogP contribution is -2.38. The Hall–Kier alpha value is -2.00. The summed E-state index contributed by atoms with van der Waals surface area (Å²) in [5.74, 6) is 1.47. The van der Waals surface area contributed by atoms with Crippen LogP contribution in [0.25, 0.3) is 0 Å². The van der Waals surface area contributed by atoms with Gasteiger partial charge in [0.25, 0.3) is 0 Å². The number of anilines is 3. The predicted octanol–water partition coefficient (Wildman–Crippen LogP) is 0.916. The lowest BCUT2D eigenvalue weighted by atomic mass is 10.1. The molecule has 1 saturated heterocycles. The molecule has 9 heteroatoms. The van der Waals surface area contributed by atoms with Crippen LogP contribution in [0.2, 0.25) is 0 Å². The lowest BCUT2D eigenvalue weighted by molar-refractivity contribution is 0.154. The maximum Gasteiger partial charge on any atom is 0.224 e. The Bertz CT molecular complexity index is 635.